The maximum Gasteiger partial charge on any atom is 0.250 e. The minimum absolute atomic E-state index is 0.169. The topological polar surface area (TPSA) is 75.3 Å². The van der Waals surface area contributed by atoms with Crippen LogP contribution >= 0.6 is 11.3 Å². The van der Waals surface area contributed by atoms with Crippen LogP contribution in [-0.2, 0) is 21.4 Å². The Morgan fingerprint density at radius 2 is 1.83 bits per heavy atom. The van der Waals surface area contributed by atoms with Crippen LogP contribution < -0.4 is 10.0 Å². The molecular formula is C17H22N2O3S2. The number of carbonyl (C=O) groups excluding carboxylic acids is 1. The lowest BCUT2D eigenvalue weighted by atomic mass is 10.0. The summed E-state index contributed by atoms with van der Waals surface area (Å²) >= 11 is 1.12. The van der Waals surface area contributed by atoms with E-state index in [2.05, 4.69) is 10.0 Å². The van der Waals surface area contributed by atoms with Crippen LogP contribution in [0.1, 0.15) is 25.0 Å². The molecule has 130 valence electrons. The summed E-state index contributed by atoms with van der Waals surface area (Å²) < 4.78 is 27.4. The molecule has 0 bridgehead atoms. The molecule has 2 N–H and O–H groups in total. The van der Waals surface area contributed by atoms with Crippen molar-refractivity contribution >= 4 is 27.3 Å². The zero-order valence-electron chi connectivity index (χ0n) is 13.9. The first-order valence-corrected chi connectivity index (χ1v) is 10.0. The Labute approximate surface area is 147 Å². The Balaban J connectivity index is 2.04. The molecule has 1 aromatic heterocycles. The van der Waals surface area contributed by atoms with Crippen molar-refractivity contribution in [2.24, 2.45) is 5.92 Å². The second-order valence-corrected chi connectivity index (χ2v) is 8.87. The molecule has 0 aliphatic rings. The van der Waals surface area contributed by atoms with Crippen LogP contribution in [0, 0.1) is 12.8 Å². The van der Waals surface area contributed by atoms with E-state index in [0.29, 0.717) is 6.54 Å². The van der Waals surface area contributed by atoms with Crippen LogP contribution in [0.4, 0.5) is 0 Å². The maximum absolute atomic E-state index is 12.4. The van der Waals surface area contributed by atoms with Gasteiger partial charge in [0.15, 0.2) is 0 Å². The molecule has 2 rings (SSSR count). The van der Waals surface area contributed by atoms with E-state index in [0.717, 1.165) is 22.5 Å². The number of sulfonamides is 1. The fourth-order valence-corrected chi connectivity index (χ4v) is 4.49. The van der Waals surface area contributed by atoms with Crippen molar-refractivity contribution < 1.29 is 13.2 Å². The van der Waals surface area contributed by atoms with Gasteiger partial charge in [-0.3, -0.25) is 4.79 Å². The molecule has 2 aromatic rings. The lowest BCUT2D eigenvalue weighted by Gasteiger charge is -2.21. The van der Waals surface area contributed by atoms with Crippen LogP contribution in [0.2, 0.25) is 0 Å². The predicted molar refractivity (Wildman–Crippen MR) is 96.3 cm³/mol. The van der Waals surface area contributed by atoms with Crippen LogP contribution in [0.15, 0.2) is 46.0 Å². The summed E-state index contributed by atoms with van der Waals surface area (Å²) in [6.45, 7) is 5.99. The van der Waals surface area contributed by atoms with Gasteiger partial charge in [-0.25, -0.2) is 8.42 Å². The Morgan fingerprint density at radius 1 is 1.17 bits per heavy atom. The van der Waals surface area contributed by atoms with Gasteiger partial charge in [0.2, 0.25) is 5.91 Å². The summed E-state index contributed by atoms with van der Waals surface area (Å²) in [5.41, 5.74) is 2.12. The molecular weight excluding hydrogens is 344 g/mol. The summed E-state index contributed by atoms with van der Waals surface area (Å²) in [5, 5.41) is 4.50. The van der Waals surface area contributed by atoms with E-state index in [9.17, 15) is 13.2 Å². The van der Waals surface area contributed by atoms with Gasteiger partial charge in [-0.1, -0.05) is 49.7 Å². The predicted octanol–water partition coefficient (Wildman–Crippen LogP) is 2.68. The average molecular weight is 367 g/mol. The van der Waals surface area contributed by atoms with E-state index in [-0.39, 0.29) is 16.0 Å². The summed E-state index contributed by atoms with van der Waals surface area (Å²) in [5.74, 6) is -0.497. The molecule has 0 unspecified atom stereocenters. The largest absolute Gasteiger partial charge is 0.351 e. The highest BCUT2D eigenvalue weighted by molar-refractivity contribution is 7.91. The third-order valence-electron chi connectivity index (χ3n) is 3.58. The van der Waals surface area contributed by atoms with E-state index in [1.165, 1.54) is 6.07 Å². The number of hydrogen-bond acceptors (Lipinski definition) is 4. The number of rotatable bonds is 7. The number of thiophene rings is 1. The van der Waals surface area contributed by atoms with Crippen LogP contribution in [0.3, 0.4) is 0 Å². The van der Waals surface area contributed by atoms with Crippen LogP contribution in [0.25, 0.3) is 0 Å². The molecule has 7 heteroatoms. The fraction of sp³-hybridized carbons (Fsp3) is 0.353. The van der Waals surface area contributed by atoms with E-state index >= 15 is 0 Å². The quantitative estimate of drug-likeness (QED) is 0.791. The smallest absolute Gasteiger partial charge is 0.250 e. The van der Waals surface area contributed by atoms with Crippen molar-refractivity contribution in [1.29, 1.82) is 0 Å². The minimum Gasteiger partial charge on any atom is -0.351 e. The molecule has 1 atom stereocenters. The first-order valence-electron chi connectivity index (χ1n) is 7.68. The highest BCUT2D eigenvalue weighted by atomic mass is 32.2. The van der Waals surface area contributed by atoms with Crippen molar-refractivity contribution in [3.8, 4) is 0 Å². The second kappa shape index (κ2) is 7.92. The van der Waals surface area contributed by atoms with Crippen molar-refractivity contribution in [2.45, 2.75) is 37.6 Å². The first kappa shape index (κ1) is 18.6. The van der Waals surface area contributed by atoms with Gasteiger partial charge >= 0.3 is 0 Å². The summed E-state index contributed by atoms with van der Waals surface area (Å²) in [4.78, 5) is 12.4. The number of benzene rings is 1. The monoisotopic (exact) mass is 366 g/mol. The van der Waals surface area contributed by atoms with Gasteiger partial charge in [-0.15, -0.1) is 11.3 Å². The first-order chi connectivity index (χ1) is 11.3. The minimum atomic E-state index is -3.69. The number of amides is 1. The Hall–Kier alpha value is -1.70. The van der Waals surface area contributed by atoms with Gasteiger partial charge in [0.1, 0.15) is 10.3 Å². The maximum atomic E-state index is 12.4. The van der Waals surface area contributed by atoms with Crippen molar-refractivity contribution in [3.63, 3.8) is 0 Å². The number of aryl methyl sites for hydroxylation is 1. The van der Waals surface area contributed by atoms with Crippen LogP contribution in [0.5, 0.6) is 0 Å². The van der Waals surface area contributed by atoms with Crippen molar-refractivity contribution in [1.82, 2.24) is 10.0 Å². The van der Waals surface area contributed by atoms with Crippen molar-refractivity contribution in [3.05, 3.63) is 52.9 Å². The lowest BCUT2D eigenvalue weighted by molar-refractivity contribution is -0.123. The molecule has 0 saturated carbocycles. The molecule has 0 fully saturated rings. The second-order valence-electron chi connectivity index (χ2n) is 5.98. The number of nitrogens with one attached hydrogen (secondary N) is 2. The highest BCUT2D eigenvalue weighted by Gasteiger charge is 2.28. The Kier molecular flexibility index (Phi) is 6.15. The molecule has 1 aromatic carbocycles. The Morgan fingerprint density at radius 3 is 2.38 bits per heavy atom. The average Bonchev–Trinajstić information content (AvgIpc) is 3.07. The number of hydrogen-bond donors (Lipinski definition) is 2. The van der Waals surface area contributed by atoms with E-state index < -0.39 is 16.1 Å². The summed E-state index contributed by atoms with van der Waals surface area (Å²) in [6.07, 6.45) is 0. The molecule has 0 aliphatic carbocycles. The van der Waals surface area contributed by atoms with E-state index in [1.807, 2.05) is 45.0 Å². The summed E-state index contributed by atoms with van der Waals surface area (Å²) in [7, 11) is -3.69. The molecule has 0 radical (unpaired) electrons. The van der Waals surface area contributed by atoms with E-state index in [1.54, 1.807) is 11.4 Å². The van der Waals surface area contributed by atoms with Gasteiger partial charge in [0, 0.05) is 6.54 Å². The third kappa shape index (κ3) is 4.90. The molecule has 5 nitrogen and oxygen atoms in total. The SMILES string of the molecule is Cc1ccc(CNC(=O)[C@H](NS(=O)(=O)c2cccs2)C(C)C)cc1. The molecule has 1 heterocycles. The van der Waals surface area contributed by atoms with E-state index in [4.69, 9.17) is 0 Å². The fourth-order valence-electron chi connectivity index (χ4n) is 2.14. The van der Waals surface area contributed by atoms with Gasteiger partial charge in [-0.05, 0) is 29.9 Å². The number of carbonyl (C=O) groups is 1. The standard InChI is InChI=1S/C17H22N2O3S2/c1-12(2)16(19-24(21,22)15-5-4-10-23-15)17(20)18-11-14-8-6-13(3)7-9-14/h4-10,12,16,19H,11H2,1-3H3,(H,18,20)/t16-/m1/s1. The zero-order valence-corrected chi connectivity index (χ0v) is 15.6. The van der Waals surface area contributed by atoms with Crippen molar-refractivity contribution in [2.75, 3.05) is 0 Å². The third-order valence-corrected chi connectivity index (χ3v) is 6.42. The zero-order chi connectivity index (χ0) is 17.7. The summed E-state index contributed by atoms with van der Waals surface area (Å²) in [6, 6.07) is 10.2. The molecule has 0 spiro atoms. The molecule has 24 heavy (non-hydrogen) atoms. The lowest BCUT2D eigenvalue weighted by Crippen LogP contribution is -2.49. The van der Waals surface area contributed by atoms with Gasteiger partial charge in [0.05, 0.1) is 0 Å². The highest BCUT2D eigenvalue weighted by Crippen LogP contribution is 2.17. The van der Waals surface area contributed by atoms with Gasteiger partial charge in [-0.2, -0.15) is 4.72 Å². The normalized spacial score (nSPS) is 13.0. The molecule has 1 amide bonds. The molecule has 0 aliphatic heterocycles. The molecule has 0 saturated heterocycles. The van der Waals surface area contributed by atoms with Gasteiger partial charge < -0.3 is 5.32 Å². The van der Waals surface area contributed by atoms with Gasteiger partial charge in [0.25, 0.3) is 10.0 Å². The van der Waals surface area contributed by atoms with Crippen LogP contribution in [-0.4, -0.2) is 20.4 Å². The Bertz CT molecular complexity index is 767.